The molecule has 88 heavy (non-hydrogen) atoms. The summed E-state index contributed by atoms with van der Waals surface area (Å²) in [5, 5.41) is 18.6. The minimum atomic E-state index is -0.498. The minimum absolute atomic E-state index is 0. The fraction of sp³-hybridized carbons (Fsp3) is 0.846. The number of hydrogen-bond donors (Lipinski definition) is 2. The maximum Gasteiger partial charge on any atom is 1.00 e. The van der Waals surface area contributed by atoms with Crippen LogP contribution in [0.25, 0.3) is 0 Å². The summed E-state index contributed by atoms with van der Waals surface area (Å²) in [7, 11) is 0. The molecule has 6 rings (SSSR count). The summed E-state index contributed by atoms with van der Waals surface area (Å²) in [5.41, 5.74) is 1.09. The quantitative estimate of drug-likeness (QED) is 0.141. The van der Waals surface area contributed by atoms with E-state index in [-0.39, 0.29) is 70.6 Å². The molecule has 14 atom stereocenters. The van der Waals surface area contributed by atoms with Gasteiger partial charge >= 0.3 is 2.85 Å². The molecule has 0 aromatic rings. The van der Waals surface area contributed by atoms with E-state index in [4.69, 9.17) is 9.59 Å². The number of allylic oxidation sites excluding steroid dienone is 4. The lowest BCUT2D eigenvalue weighted by Gasteiger charge is -2.42. The molecule has 512 valence electrons. The van der Waals surface area contributed by atoms with Crippen LogP contribution in [0.2, 0.25) is 0 Å². The molecule has 2 unspecified atom stereocenters. The second kappa shape index (κ2) is 40.7. The Morgan fingerprint density at radius 3 is 0.682 bits per heavy atom. The zero-order valence-corrected chi connectivity index (χ0v) is 61.8. The van der Waals surface area contributed by atoms with Crippen LogP contribution in [0, 0.1) is 104 Å². The lowest BCUT2D eigenvalue weighted by atomic mass is 9.62. The van der Waals surface area contributed by atoms with Gasteiger partial charge in [0.1, 0.15) is 35.7 Å². The molecule has 0 spiro atoms. The molecule has 0 aliphatic heterocycles. The summed E-state index contributed by atoms with van der Waals surface area (Å²) in [6.07, 6.45) is 30.2. The van der Waals surface area contributed by atoms with Crippen molar-refractivity contribution in [2.75, 3.05) is 0 Å². The lowest BCUT2D eigenvalue weighted by molar-refractivity contribution is -0.133. The van der Waals surface area contributed by atoms with E-state index >= 15 is 0 Å². The molecular formula is C78H142O10+2. The fourth-order valence-electron chi connectivity index (χ4n) is 17.9. The molecule has 0 heterocycles. The second-order valence-electron chi connectivity index (χ2n) is 32.6. The molecule has 2 N–H and O–H groups in total. The van der Waals surface area contributed by atoms with Crippen molar-refractivity contribution < 1.29 is 51.4 Å². The van der Waals surface area contributed by atoms with Gasteiger partial charge in [-0.05, 0) is 213 Å². The highest BCUT2D eigenvalue weighted by Crippen LogP contribution is 2.49. The zero-order chi connectivity index (χ0) is 68.9. The van der Waals surface area contributed by atoms with E-state index in [0.29, 0.717) is 83.3 Å². The topological polar surface area (TPSA) is 177 Å². The number of aliphatic hydroxyl groups is 2. The van der Waals surface area contributed by atoms with Crippen molar-refractivity contribution in [3.05, 3.63) is 24.3 Å². The highest BCUT2D eigenvalue weighted by molar-refractivity contribution is 5.93. The largest absolute Gasteiger partial charge is 1.00 e. The molecule has 6 aliphatic rings. The van der Waals surface area contributed by atoms with Gasteiger partial charge in [-0.25, -0.2) is 0 Å². The third-order valence-electron chi connectivity index (χ3n) is 21.2. The molecule has 0 amide bonds. The number of hydrogen-bond acceptors (Lipinski definition) is 10. The third-order valence-corrected chi connectivity index (χ3v) is 21.2. The number of aliphatic hydroxyl groups excluding tert-OH is 2. The maximum atomic E-state index is 12.1. The zero-order valence-electron chi connectivity index (χ0n) is 63.8. The van der Waals surface area contributed by atoms with Crippen LogP contribution >= 0.6 is 0 Å². The summed E-state index contributed by atoms with van der Waals surface area (Å²) in [5.74, 6) is 6.46. The standard InChI is InChI=1S/2C13H24O2.2C13H22O.2C11H20O.2C2H4O/c2*1-9-6-5-7-13(3,4)12(9)11(15)8-10(2)14;2*1-5-7-11(14)12-10(2)8-6-9-13(12,3)4;2*1-8-6-5-7-11(3,4)10(8)9(2)12;2*1-2-3/h2*9-10,12,14H,5-8H2,1-4H3;2*5,7,10,12H,6,8-9H2,1-4H3;2*8,10H,5-7H2,1-4H3;2*2H,1H3/p+2/b;;2*7-5+;;;;/t2*9-,10?,12-;2*10-,12-;2*8-,10-;;/m101010../s1. The van der Waals surface area contributed by atoms with Crippen molar-refractivity contribution in [3.63, 3.8) is 0 Å². The number of aldehydes is 2. The molecule has 10 nitrogen and oxygen atoms in total. The highest BCUT2D eigenvalue weighted by atomic mass is 16.3. The average molecular weight is 1240 g/mol. The summed E-state index contributed by atoms with van der Waals surface area (Å²) in [6.45, 7) is 53.4. The molecule has 6 fully saturated rings. The van der Waals surface area contributed by atoms with Crippen LogP contribution in [0.15, 0.2) is 24.3 Å². The number of ketones is 6. The van der Waals surface area contributed by atoms with E-state index in [1.54, 1.807) is 39.8 Å². The Hall–Kier alpha value is -3.24. The summed E-state index contributed by atoms with van der Waals surface area (Å²) in [6, 6.07) is 0. The smallest absolute Gasteiger partial charge is 0.393 e. The van der Waals surface area contributed by atoms with Crippen molar-refractivity contribution in [3.8, 4) is 0 Å². The minimum Gasteiger partial charge on any atom is -0.393 e. The number of carbonyl (C=O) groups is 8. The number of carbonyl (C=O) groups excluding carboxylic acids is 8. The van der Waals surface area contributed by atoms with Crippen molar-refractivity contribution in [1.82, 2.24) is 0 Å². The van der Waals surface area contributed by atoms with Crippen LogP contribution in [0.1, 0.15) is 311 Å². The molecule has 0 saturated heterocycles. The Morgan fingerprint density at radius 1 is 0.375 bits per heavy atom. The molecular weight excluding hydrogens is 1100 g/mol. The van der Waals surface area contributed by atoms with E-state index < -0.39 is 12.2 Å². The molecule has 0 aromatic heterocycles. The maximum absolute atomic E-state index is 12.1. The van der Waals surface area contributed by atoms with E-state index in [1.807, 2.05) is 26.0 Å². The SMILES string of the molecule is C/C=C/C(=O)[C@@H]1[C@@H](C)CCCC1(C)C.C/C=C/C(=O)[C@H]1[C@H](C)CCCC1(C)C.CC(=O)[C@@H]1[C@@H](C)CCCC1(C)C.CC(=O)[C@H]1[C@H](C)CCCC1(C)C.CC(O)CC(=O)[C@@H]1[C@@H](C)CCCC1(C)C.CC(O)CC(=O)[C@H]1[C@H](C)CCCC1(C)C.CC=O.CC=O.[H+].[H+]. The van der Waals surface area contributed by atoms with Crippen LogP contribution < -0.4 is 0 Å². The van der Waals surface area contributed by atoms with E-state index in [2.05, 4.69) is 125 Å². The fourth-order valence-corrected chi connectivity index (χ4v) is 17.9. The molecule has 10 heteroatoms. The van der Waals surface area contributed by atoms with Crippen molar-refractivity contribution >= 4 is 47.3 Å². The molecule has 0 radical (unpaired) electrons. The van der Waals surface area contributed by atoms with Gasteiger partial charge < -0.3 is 19.8 Å². The lowest BCUT2D eigenvalue weighted by Crippen LogP contribution is -2.40. The van der Waals surface area contributed by atoms with Gasteiger partial charge in [0.25, 0.3) is 0 Å². The Bertz CT molecular complexity index is 2010. The van der Waals surface area contributed by atoms with Gasteiger partial charge in [-0.3, -0.25) is 28.8 Å². The number of Topliss-reactive ketones (excluding diaryl/α,β-unsaturated/α-hetero) is 4. The molecule has 0 bridgehead atoms. The van der Waals surface area contributed by atoms with Gasteiger partial charge in [-0.15, -0.1) is 0 Å². The molecule has 6 saturated carbocycles. The molecule has 6 aliphatic carbocycles. The van der Waals surface area contributed by atoms with Crippen molar-refractivity contribution in [2.24, 2.45) is 104 Å². The van der Waals surface area contributed by atoms with Crippen LogP contribution in [0.4, 0.5) is 0 Å². The van der Waals surface area contributed by atoms with Crippen LogP contribution in [-0.2, 0) is 38.4 Å². The predicted molar refractivity (Wildman–Crippen MR) is 371 cm³/mol. The molecule has 0 aromatic carbocycles. The van der Waals surface area contributed by atoms with E-state index in [0.717, 1.165) is 38.3 Å². The van der Waals surface area contributed by atoms with Gasteiger partial charge in [-0.2, -0.15) is 0 Å². The monoisotopic (exact) mass is 1240 g/mol. The van der Waals surface area contributed by atoms with Crippen molar-refractivity contribution in [1.29, 1.82) is 0 Å². The Morgan fingerprint density at radius 2 is 0.545 bits per heavy atom. The third kappa shape index (κ3) is 29.6. The normalized spacial score (nSPS) is 31.0. The first-order chi connectivity index (χ1) is 40.4. The second-order valence-corrected chi connectivity index (χ2v) is 32.6. The summed E-state index contributed by atoms with van der Waals surface area (Å²) >= 11 is 0. The van der Waals surface area contributed by atoms with Crippen LogP contribution in [0.5, 0.6) is 0 Å². The van der Waals surface area contributed by atoms with Gasteiger partial charge in [-0.1, -0.05) is 175 Å². The Labute approximate surface area is 544 Å². The van der Waals surface area contributed by atoms with Gasteiger partial charge in [0.15, 0.2) is 11.6 Å². The predicted octanol–water partition coefficient (Wildman–Crippen LogP) is 19.5. The first-order valence-corrected chi connectivity index (χ1v) is 34.9. The first kappa shape index (κ1) is 86.8. The van der Waals surface area contributed by atoms with Crippen molar-refractivity contribution in [2.45, 2.75) is 321 Å². The summed E-state index contributed by atoms with van der Waals surface area (Å²) < 4.78 is 0. The van der Waals surface area contributed by atoms with E-state index in [9.17, 15) is 39.0 Å². The number of rotatable bonds is 12. The first-order valence-electron chi connectivity index (χ1n) is 34.9. The van der Waals surface area contributed by atoms with Crippen LogP contribution in [-0.4, -0.2) is 69.7 Å². The average Bonchev–Trinajstić information content (AvgIpc) is 1.15. The Balaban J connectivity index is -0.000000482. The van der Waals surface area contributed by atoms with E-state index in [1.165, 1.54) is 104 Å². The summed E-state index contributed by atoms with van der Waals surface area (Å²) in [4.78, 5) is 88.5. The van der Waals surface area contributed by atoms with Gasteiger partial charge in [0.2, 0.25) is 0 Å². The van der Waals surface area contributed by atoms with Gasteiger partial charge in [0, 0.05) is 48.3 Å². The van der Waals surface area contributed by atoms with Gasteiger partial charge in [0.05, 0.1) is 12.2 Å². The highest BCUT2D eigenvalue weighted by Gasteiger charge is 2.45. The van der Waals surface area contributed by atoms with Crippen LogP contribution in [0.3, 0.4) is 0 Å². The Kier molecular flexibility index (Phi) is 40.1.